The van der Waals surface area contributed by atoms with Crippen molar-refractivity contribution in [1.29, 1.82) is 0 Å². The number of carbonyl (C=O) groups is 1. The van der Waals surface area contributed by atoms with Crippen LogP contribution < -0.4 is 0 Å². The average Bonchev–Trinajstić information content (AvgIpc) is 2.56. The number of rotatable bonds is 3. The van der Waals surface area contributed by atoms with Gasteiger partial charge in [0.05, 0.1) is 0 Å². The van der Waals surface area contributed by atoms with Gasteiger partial charge < -0.3 is 9.80 Å². The fourth-order valence-electron chi connectivity index (χ4n) is 4.40. The molecular weight excluding hydrogens is 272 g/mol. The lowest BCUT2D eigenvalue weighted by molar-refractivity contribution is -0.138. The van der Waals surface area contributed by atoms with E-state index in [4.69, 9.17) is 0 Å². The monoisotopic (exact) mass is 304 g/mol. The van der Waals surface area contributed by atoms with Crippen molar-refractivity contribution >= 4 is 5.91 Å². The van der Waals surface area contributed by atoms with Crippen molar-refractivity contribution in [2.45, 2.75) is 51.9 Å². The first-order chi connectivity index (χ1) is 10.7. The van der Waals surface area contributed by atoms with E-state index in [1.807, 2.05) is 0 Å². The predicted molar refractivity (Wildman–Crippen MR) is 90.6 cm³/mol. The molecule has 1 aliphatic carbocycles. The van der Waals surface area contributed by atoms with Crippen LogP contribution in [0.5, 0.6) is 0 Å². The second-order valence-corrected chi connectivity index (χ2v) is 7.76. The Morgan fingerprint density at radius 3 is 2.59 bits per heavy atom. The summed E-state index contributed by atoms with van der Waals surface area (Å²) >= 11 is 0. The molecule has 0 aromatic rings. The molecular formula is C19H32N2O. The molecule has 22 heavy (non-hydrogen) atoms. The van der Waals surface area contributed by atoms with E-state index in [2.05, 4.69) is 28.9 Å². The van der Waals surface area contributed by atoms with Crippen molar-refractivity contribution in [2.75, 3.05) is 32.7 Å². The van der Waals surface area contributed by atoms with Crippen molar-refractivity contribution in [1.82, 2.24) is 9.80 Å². The molecule has 0 spiro atoms. The molecule has 2 saturated heterocycles. The molecule has 0 aromatic heterocycles. The predicted octanol–water partition coefficient (Wildman–Crippen LogP) is 3.31. The molecule has 0 bridgehead atoms. The Morgan fingerprint density at radius 2 is 1.91 bits per heavy atom. The number of piperidine rings is 2. The number of carbonyl (C=O) groups excluding carboxylic acids is 1. The second kappa shape index (κ2) is 7.63. The molecule has 3 aliphatic rings. The minimum absolute atomic E-state index is 0.299. The minimum atomic E-state index is 0.299. The van der Waals surface area contributed by atoms with Gasteiger partial charge in [0.25, 0.3) is 0 Å². The van der Waals surface area contributed by atoms with E-state index in [0.29, 0.717) is 17.7 Å². The van der Waals surface area contributed by atoms with Crippen LogP contribution in [0.1, 0.15) is 51.9 Å². The van der Waals surface area contributed by atoms with E-state index in [9.17, 15) is 4.79 Å². The molecule has 2 atom stereocenters. The summed E-state index contributed by atoms with van der Waals surface area (Å²) in [5.74, 6) is 2.29. The van der Waals surface area contributed by atoms with Crippen LogP contribution in [0.3, 0.4) is 0 Å². The molecule has 3 nitrogen and oxygen atoms in total. The number of hydrogen-bond acceptors (Lipinski definition) is 2. The lowest BCUT2D eigenvalue weighted by atomic mass is 9.90. The van der Waals surface area contributed by atoms with Crippen LogP contribution in [0.2, 0.25) is 0 Å². The third kappa shape index (κ3) is 4.13. The van der Waals surface area contributed by atoms with Crippen LogP contribution in [-0.2, 0) is 4.79 Å². The summed E-state index contributed by atoms with van der Waals surface area (Å²) in [7, 11) is 0. The average molecular weight is 304 g/mol. The van der Waals surface area contributed by atoms with E-state index in [1.165, 1.54) is 38.6 Å². The normalized spacial score (nSPS) is 31.4. The molecule has 0 aromatic carbocycles. The molecule has 2 heterocycles. The van der Waals surface area contributed by atoms with E-state index < -0.39 is 0 Å². The van der Waals surface area contributed by atoms with Crippen molar-refractivity contribution in [2.24, 2.45) is 17.8 Å². The van der Waals surface area contributed by atoms with Gasteiger partial charge >= 0.3 is 0 Å². The number of hydrogen-bond donors (Lipinski definition) is 0. The summed E-state index contributed by atoms with van der Waals surface area (Å²) in [6, 6.07) is 0. The molecule has 3 rings (SSSR count). The van der Waals surface area contributed by atoms with Gasteiger partial charge in [0.15, 0.2) is 0 Å². The van der Waals surface area contributed by atoms with Gasteiger partial charge in [0.2, 0.25) is 5.91 Å². The third-order valence-electron chi connectivity index (χ3n) is 5.80. The summed E-state index contributed by atoms with van der Waals surface area (Å²) in [5.41, 5.74) is 0. The SMILES string of the molecule is C[C@H]1CCCN(C(=O)C2CCN(C[C@@H]3CC=CCC3)CC2)C1. The van der Waals surface area contributed by atoms with E-state index >= 15 is 0 Å². The molecule has 2 aliphatic heterocycles. The Morgan fingerprint density at radius 1 is 1.09 bits per heavy atom. The maximum Gasteiger partial charge on any atom is 0.225 e. The zero-order chi connectivity index (χ0) is 15.4. The Kier molecular flexibility index (Phi) is 5.56. The molecule has 3 heteroatoms. The van der Waals surface area contributed by atoms with Crippen molar-refractivity contribution in [3.63, 3.8) is 0 Å². The number of amides is 1. The largest absolute Gasteiger partial charge is 0.342 e. The summed E-state index contributed by atoms with van der Waals surface area (Å²) in [6.07, 6.45) is 13.2. The quantitative estimate of drug-likeness (QED) is 0.747. The highest BCUT2D eigenvalue weighted by Gasteiger charge is 2.30. The summed E-state index contributed by atoms with van der Waals surface area (Å²) < 4.78 is 0. The van der Waals surface area contributed by atoms with Gasteiger partial charge in [-0.3, -0.25) is 4.79 Å². The summed E-state index contributed by atoms with van der Waals surface area (Å²) in [4.78, 5) is 17.5. The summed E-state index contributed by atoms with van der Waals surface area (Å²) in [6.45, 7) is 7.76. The number of allylic oxidation sites excluding steroid dienone is 2. The van der Waals surface area contributed by atoms with E-state index in [0.717, 1.165) is 44.9 Å². The first kappa shape index (κ1) is 16.0. The summed E-state index contributed by atoms with van der Waals surface area (Å²) in [5, 5.41) is 0. The minimum Gasteiger partial charge on any atom is -0.342 e. The Hall–Kier alpha value is -0.830. The van der Waals surface area contributed by atoms with Crippen molar-refractivity contribution in [3.8, 4) is 0 Å². The zero-order valence-corrected chi connectivity index (χ0v) is 14.2. The Balaban J connectivity index is 1.42. The highest BCUT2D eigenvalue weighted by Crippen LogP contribution is 2.26. The van der Waals surface area contributed by atoms with Gasteiger partial charge in [-0.05, 0) is 69.9 Å². The highest BCUT2D eigenvalue weighted by atomic mass is 16.2. The van der Waals surface area contributed by atoms with Crippen LogP contribution in [0.15, 0.2) is 12.2 Å². The molecule has 2 fully saturated rings. The first-order valence-electron chi connectivity index (χ1n) is 9.38. The smallest absolute Gasteiger partial charge is 0.225 e. The van der Waals surface area contributed by atoms with Gasteiger partial charge in [0, 0.05) is 25.6 Å². The highest BCUT2D eigenvalue weighted by molar-refractivity contribution is 5.79. The molecule has 1 amide bonds. The first-order valence-corrected chi connectivity index (χ1v) is 9.38. The maximum atomic E-state index is 12.7. The van der Waals surface area contributed by atoms with Crippen LogP contribution in [-0.4, -0.2) is 48.4 Å². The lowest BCUT2D eigenvalue weighted by Gasteiger charge is -2.38. The van der Waals surface area contributed by atoms with Crippen LogP contribution in [0.4, 0.5) is 0 Å². The Bertz CT molecular complexity index is 398. The fraction of sp³-hybridized carbons (Fsp3) is 0.842. The van der Waals surface area contributed by atoms with Gasteiger partial charge in [-0.1, -0.05) is 19.1 Å². The van der Waals surface area contributed by atoms with Crippen LogP contribution in [0, 0.1) is 17.8 Å². The molecule has 0 N–H and O–H groups in total. The van der Waals surface area contributed by atoms with Gasteiger partial charge in [0.1, 0.15) is 0 Å². The molecule has 124 valence electrons. The lowest BCUT2D eigenvalue weighted by Crippen LogP contribution is -2.46. The van der Waals surface area contributed by atoms with Gasteiger partial charge in [-0.25, -0.2) is 0 Å². The van der Waals surface area contributed by atoms with Crippen LogP contribution in [0.25, 0.3) is 0 Å². The van der Waals surface area contributed by atoms with Gasteiger partial charge in [-0.15, -0.1) is 0 Å². The molecule has 0 saturated carbocycles. The Labute approximate surface area is 135 Å². The fourth-order valence-corrected chi connectivity index (χ4v) is 4.40. The number of nitrogens with zero attached hydrogens (tertiary/aromatic N) is 2. The van der Waals surface area contributed by atoms with Crippen LogP contribution >= 0.6 is 0 Å². The second-order valence-electron chi connectivity index (χ2n) is 7.76. The maximum absolute atomic E-state index is 12.7. The molecule has 0 radical (unpaired) electrons. The van der Waals surface area contributed by atoms with Crippen molar-refractivity contribution < 1.29 is 4.79 Å². The standard InChI is InChI=1S/C19H32N2O/c1-16-6-5-11-21(14-16)19(22)18-9-12-20(13-10-18)15-17-7-3-2-4-8-17/h2-3,16-18H,4-15H2,1H3/t16-,17+/m0/s1. The van der Waals surface area contributed by atoms with E-state index in [-0.39, 0.29) is 0 Å². The third-order valence-corrected chi connectivity index (χ3v) is 5.80. The van der Waals surface area contributed by atoms with Gasteiger partial charge in [-0.2, -0.15) is 0 Å². The number of likely N-dealkylation sites (tertiary alicyclic amines) is 2. The zero-order valence-electron chi connectivity index (χ0n) is 14.2. The topological polar surface area (TPSA) is 23.6 Å². The van der Waals surface area contributed by atoms with E-state index in [1.54, 1.807) is 0 Å². The molecule has 0 unspecified atom stereocenters. The van der Waals surface area contributed by atoms with Crippen molar-refractivity contribution in [3.05, 3.63) is 12.2 Å².